The van der Waals surface area contributed by atoms with Gasteiger partial charge in [0.15, 0.2) is 0 Å². The zero-order chi connectivity index (χ0) is 10.8. The zero-order valence-corrected chi connectivity index (χ0v) is 8.34. The SMILES string of the molecule is CS(=N)(=O)c1ccccc1OC(N)=O. The molecule has 0 spiro atoms. The molecule has 5 nitrogen and oxygen atoms in total. The fraction of sp³-hybridized carbons (Fsp3) is 0.125. The maximum atomic E-state index is 11.4. The second-order valence-electron chi connectivity index (χ2n) is 2.71. The van der Waals surface area contributed by atoms with Crippen molar-refractivity contribution >= 4 is 15.8 Å². The first kappa shape index (κ1) is 10.5. The number of carbonyl (C=O) groups excluding carboxylic acids is 1. The minimum Gasteiger partial charge on any atom is -0.409 e. The minimum atomic E-state index is -2.91. The lowest BCUT2D eigenvalue weighted by Crippen LogP contribution is -2.17. The predicted molar refractivity (Wildman–Crippen MR) is 51.7 cm³/mol. The molecule has 0 heterocycles. The Hall–Kier alpha value is -1.56. The summed E-state index contributed by atoms with van der Waals surface area (Å²) < 4.78 is 23.4. The van der Waals surface area contributed by atoms with Crippen molar-refractivity contribution < 1.29 is 13.7 Å². The maximum absolute atomic E-state index is 11.4. The van der Waals surface area contributed by atoms with E-state index in [-0.39, 0.29) is 10.6 Å². The average molecular weight is 214 g/mol. The fourth-order valence-electron chi connectivity index (χ4n) is 0.965. The van der Waals surface area contributed by atoms with Gasteiger partial charge in [0.25, 0.3) is 0 Å². The van der Waals surface area contributed by atoms with Crippen LogP contribution in [-0.4, -0.2) is 16.6 Å². The van der Waals surface area contributed by atoms with Gasteiger partial charge < -0.3 is 10.5 Å². The van der Waals surface area contributed by atoms with E-state index in [4.69, 9.17) is 10.5 Å². The first-order chi connectivity index (χ1) is 6.41. The normalized spacial score (nSPS) is 14.4. The van der Waals surface area contributed by atoms with E-state index < -0.39 is 15.8 Å². The Morgan fingerprint density at radius 3 is 2.57 bits per heavy atom. The van der Waals surface area contributed by atoms with Crippen LogP contribution in [0.15, 0.2) is 29.2 Å². The number of hydrogen-bond donors (Lipinski definition) is 2. The van der Waals surface area contributed by atoms with E-state index in [9.17, 15) is 9.00 Å². The molecule has 0 saturated carbocycles. The van der Waals surface area contributed by atoms with Crippen molar-refractivity contribution in [1.82, 2.24) is 0 Å². The van der Waals surface area contributed by atoms with E-state index in [1.807, 2.05) is 0 Å². The molecule has 0 radical (unpaired) electrons. The number of rotatable bonds is 2. The quantitative estimate of drug-likeness (QED) is 0.774. The van der Waals surface area contributed by atoms with Crippen molar-refractivity contribution in [2.75, 3.05) is 6.26 Å². The van der Waals surface area contributed by atoms with Crippen molar-refractivity contribution in [3.63, 3.8) is 0 Å². The first-order valence-electron chi connectivity index (χ1n) is 3.71. The molecule has 0 aliphatic heterocycles. The van der Waals surface area contributed by atoms with Crippen LogP contribution in [0.2, 0.25) is 0 Å². The molecule has 1 amide bonds. The summed E-state index contributed by atoms with van der Waals surface area (Å²) in [5.41, 5.74) is 4.82. The van der Waals surface area contributed by atoms with Gasteiger partial charge in [0.05, 0.1) is 14.6 Å². The Bertz CT molecular complexity index is 453. The second kappa shape index (κ2) is 3.67. The molecule has 0 aliphatic rings. The molecular weight excluding hydrogens is 204 g/mol. The Morgan fingerprint density at radius 1 is 1.50 bits per heavy atom. The molecule has 6 heteroatoms. The van der Waals surface area contributed by atoms with Gasteiger partial charge >= 0.3 is 6.09 Å². The molecule has 0 saturated heterocycles. The lowest BCUT2D eigenvalue weighted by atomic mass is 10.3. The summed E-state index contributed by atoms with van der Waals surface area (Å²) in [5, 5.41) is 0. The van der Waals surface area contributed by atoms with E-state index in [2.05, 4.69) is 4.74 Å². The summed E-state index contributed by atoms with van der Waals surface area (Å²) in [7, 11) is -2.91. The molecule has 1 aromatic carbocycles. The molecule has 14 heavy (non-hydrogen) atoms. The van der Waals surface area contributed by atoms with Crippen molar-refractivity contribution in [2.45, 2.75) is 4.90 Å². The third kappa shape index (κ3) is 2.46. The molecule has 1 atom stereocenters. The van der Waals surface area contributed by atoms with Crippen LogP contribution in [0.25, 0.3) is 0 Å². The summed E-state index contributed by atoms with van der Waals surface area (Å²) in [4.78, 5) is 10.7. The Kier molecular flexibility index (Phi) is 2.76. The van der Waals surface area contributed by atoms with Gasteiger partial charge in [-0.2, -0.15) is 0 Å². The van der Waals surface area contributed by atoms with Gasteiger partial charge in [-0.25, -0.2) is 13.8 Å². The number of nitrogens with one attached hydrogen (secondary N) is 1. The van der Waals surface area contributed by atoms with Gasteiger partial charge in [0.1, 0.15) is 5.75 Å². The third-order valence-electron chi connectivity index (χ3n) is 1.48. The van der Waals surface area contributed by atoms with Gasteiger partial charge in [-0.1, -0.05) is 12.1 Å². The van der Waals surface area contributed by atoms with E-state index in [1.54, 1.807) is 12.1 Å². The maximum Gasteiger partial charge on any atom is 0.410 e. The number of nitrogens with two attached hydrogens (primary N) is 1. The van der Waals surface area contributed by atoms with Gasteiger partial charge in [0, 0.05) is 6.26 Å². The van der Waals surface area contributed by atoms with Crippen LogP contribution in [0.5, 0.6) is 5.75 Å². The lowest BCUT2D eigenvalue weighted by molar-refractivity contribution is 0.209. The molecule has 1 rings (SSSR count). The van der Waals surface area contributed by atoms with E-state index in [1.165, 1.54) is 18.4 Å². The van der Waals surface area contributed by atoms with Gasteiger partial charge in [-0.05, 0) is 12.1 Å². The Balaban J connectivity index is 3.23. The minimum absolute atomic E-state index is 0.0718. The molecule has 0 bridgehead atoms. The van der Waals surface area contributed by atoms with Crippen LogP contribution in [0.4, 0.5) is 4.79 Å². The lowest BCUT2D eigenvalue weighted by Gasteiger charge is -2.07. The number of hydrogen-bond acceptors (Lipinski definition) is 4. The van der Waals surface area contributed by atoms with Crippen LogP contribution >= 0.6 is 0 Å². The molecule has 3 N–H and O–H groups in total. The smallest absolute Gasteiger partial charge is 0.409 e. The summed E-state index contributed by atoms with van der Waals surface area (Å²) in [5.74, 6) is 0.0718. The summed E-state index contributed by atoms with van der Waals surface area (Å²) in [6, 6.07) is 6.12. The number of amides is 1. The Morgan fingerprint density at radius 2 is 2.07 bits per heavy atom. The number of primary amides is 1. The average Bonchev–Trinajstić information content (AvgIpc) is 2.01. The number of ether oxygens (including phenoxy) is 1. The number of benzene rings is 1. The monoisotopic (exact) mass is 214 g/mol. The largest absolute Gasteiger partial charge is 0.410 e. The van der Waals surface area contributed by atoms with Gasteiger partial charge in [-0.3, -0.25) is 0 Å². The van der Waals surface area contributed by atoms with Crippen LogP contribution < -0.4 is 10.5 Å². The highest BCUT2D eigenvalue weighted by atomic mass is 32.2. The molecular formula is C8H10N2O3S. The van der Waals surface area contributed by atoms with Crippen LogP contribution in [0, 0.1) is 4.78 Å². The van der Waals surface area contributed by atoms with Crippen LogP contribution in [0.1, 0.15) is 0 Å². The highest BCUT2D eigenvalue weighted by Gasteiger charge is 2.11. The predicted octanol–water partition coefficient (Wildman–Crippen LogP) is 1.18. The second-order valence-corrected chi connectivity index (χ2v) is 4.84. The zero-order valence-electron chi connectivity index (χ0n) is 7.52. The highest BCUT2D eigenvalue weighted by Crippen LogP contribution is 2.23. The van der Waals surface area contributed by atoms with Crippen molar-refractivity contribution in [2.24, 2.45) is 5.73 Å². The van der Waals surface area contributed by atoms with Crippen molar-refractivity contribution in [1.29, 1.82) is 4.78 Å². The van der Waals surface area contributed by atoms with Crippen LogP contribution in [0.3, 0.4) is 0 Å². The van der Waals surface area contributed by atoms with Crippen molar-refractivity contribution in [3.8, 4) is 5.75 Å². The van der Waals surface area contributed by atoms with Gasteiger partial charge in [-0.15, -0.1) is 0 Å². The fourth-order valence-corrected chi connectivity index (χ4v) is 1.80. The van der Waals surface area contributed by atoms with Gasteiger partial charge in [0.2, 0.25) is 0 Å². The highest BCUT2D eigenvalue weighted by molar-refractivity contribution is 7.91. The Labute approximate surface area is 81.8 Å². The van der Waals surface area contributed by atoms with E-state index in [0.29, 0.717) is 0 Å². The molecule has 1 aromatic rings. The van der Waals surface area contributed by atoms with E-state index >= 15 is 0 Å². The van der Waals surface area contributed by atoms with Crippen LogP contribution in [-0.2, 0) is 9.73 Å². The molecule has 0 aliphatic carbocycles. The summed E-state index contributed by atoms with van der Waals surface area (Å²) >= 11 is 0. The topological polar surface area (TPSA) is 93.2 Å². The number of para-hydroxylation sites is 1. The molecule has 76 valence electrons. The van der Waals surface area contributed by atoms with E-state index in [0.717, 1.165) is 0 Å². The summed E-state index contributed by atoms with van der Waals surface area (Å²) in [6.07, 6.45) is 0.261. The number of carbonyl (C=O) groups is 1. The first-order valence-corrected chi connectivity index (χ1v) is 5.68. The third-order valence-corrected chi connectivity index (χ3v) is 2.66. The standard InChI is InChI=1S/C8H10N2O3S/c1-14(10,12)7-5-3-2-4-6(7)13-8(9)11/h2-5,10H,1H3,(H2,9,11). The molecule has 0 fully saturated rings. The summed E-state index contributed by atoms with van der Waals surface area (Å²) in [6.45, 7) is 0. The molecule has 0 aromatic heterocycles. The van der Waals surface area contributed by atoms with Crippen molar-refractivity contribution in [3.05, 3.63) is 24.3 Å². The molecule has 1 unspecified atom stereocenters.